The number of hydrogen-bond donors (Lipinski definition) is 1. The molecule has 2 nitrogen and oxygen atoms in total. The van der Waals surface area contributed by atoms with Crippen LogP contribution >= 0.6 is 0 Å². The van der Waals surface area contributed by atoms with Crippen LogP contribution in [-0.2, 0) is 0 Å². The number of rotatable bonds is 2. The monoisotopic (exact) mass is 314 g/mol. The van der Waals surface area contributed by atoms with Gasteiger partial charge in [0.1, 0.15) is 6.17 Å². The van der Waals surface area contributed by atoms with Crippen molar-refractivity contribution in [3.05, 3.63) is 83.6 Å². The van der Waals surface area contributed by atoms with E-state index >= 15 is 0 Å². The molecule has 0 spiro atoms. The first-order chi connectivity index (χ1) is 11.7. The molecule has 0 saturated heterocycles. The van der Waals surface area contributed by atoms with Gasteiger partial charge in [0, 0.05) is 11.3 Å². The number of nitrogens with zero attached hydrogens (tertiary/aromatic N) is 1. The lowest BCUT2D eigenvalue weighted by Crippen LogP contribution is -2.32. The summed E-state index contributed by atoms with van der Waals surface area (Å²) in [6.45, 7) is 4.36. The van der Waals surface area contributed by atoms with Gasteiger partial charge >= 0.3 is 0 Å². The van der Waals surface area contributed by atoms with Gasteiger partial charge in [0.05, 0.1) is 5.71 Å². The van der Waals surface area contributed by atoms with Crippen LogP contribution in [0.1, 0.15) is 25.8 Å². The van der Waals surface area contributed by atoms with Crippen molar-refractivity contribution in [3.63, 3.8) is 0 Å². The Morgan fingerprint density at radius 3 is 2.75 bits per heavy atom. The first-order valence-electron chi connectivity index (χ1n) is 8.60. The molecule has 0 aromatic heterocycles. The fourth-order valence-corrected chi connectivity index (χ4v) is 3.37. The Hall–Kier alpha value is -2.61. The summed E-state index contributed by atoms with van der Waals surface area (Å²) >= 11 is 0. The first-order valence-corrected chi connectivity index (χ1v) is 8.60. The van der Waals surface area contributed by atoms with Crippen LogP contribution in [0, 0.1) is 5.92 Å². The van der Waals surface area contributed by atoms with Crippen LogP contribution in [0.15, 0.2) is 83.0 Å². The summed E-state index contributed by atoms with van der Waals surface area (Å²) < 4.78 is 0. The highest BCUT2D eigenvalue weighted by molar-refractivity contribution is 6.17. The molecule has 2 aliphatic rings. The normalized spacial score (nSPS) is 23.3. The molecule has 4 rings (SSSR count). The Kier molecular flexibility index (Phi) is 3.81. The van der Waals surface area contributed by atoms with Crippen molar-refractivity contribution in [2.75, 3.05) is 0 Å². The average Bonchev–Trinajstić information content (AvgIpc) is 2.61. The van der Waals surface area contributed by atoms with E-state index in [0.717, 1.165) is 17.8 Å². The van der Waals surface area contributed by atoms with Crippen LogP contribution in [0.5, 0.6) is 0 Å². The van der Waals surface area contributed by atoms with E-state index in [2.05, 4.69) is 85.9 Å². The van der Waals surface area contributed by atoms with Crippen molar-refractivity contribution in [1.29, 1.82) is 0 Å². The number of fused-ring (bicyclic) bond motifs is 1. The maximum absolute atomic E-state index is 5.01. The Bertz CT molecular complexity index is 894. The summed E-state index contributed by atoms with van der Waals surface area (Å²) in [4.78, 5) is 5.01. The molecule has 1 aliphatic heterocycles. The van der Waals surface area contributed by atoms with Crippen LogP contribution in [-0.4, -0.2) is 11.9 Å². The zero-order chi connectivity index (χ0) is 16.5. The lowest BCUT2D eigenvalue weighted by molar-refractivity contribution is 0.647. The van der Waals surface area contributed by atoms with E-state index in [1.807, 2.05) is 0 Å². The molecule has 1 heterocycles. The third kappa shape index (κ3) is 2.80. The summed E-state index contributed by atoms with van der Waals surface area (Å²) in [5.74, 6) is 0.621. The Morgan fingerprint density at radius 2 is 1.92 bits per heavy atom. The number of aliphatic imine (C=N–C) groups is 1. The Morgan fingerprint density at radius 1 is 1.08 bits per heavy atom. The van der Waals surface area contributed by atoms with Gasteiger partial charge in [0.15, 0.2) is 0 Å². The maximum Gasteiger partial charge on any atom is 0.144 e. The highest BCUT2D eigenvalue weighted by Crippen LogP contribution is 2.25. The molecule has 0 fully saturated rings. The molecule has 1 N–H and O–H groups in total. The number of nitrogens with one attached hydrogen (secondary N) is 1. The highest BCUT2D eigenvalue weighted by Gasteiger charge is 2.19. The minimum Gasteiger partial charge on any atom is -0.364 e. The van der Waals surface area contributed by atoms with Crippen molar-refractivity contribution in [2.24, 2.45) is 10.9 Å². The zero-order valence-corrected chi connectivity index (χ0v) is 14.2. The molecule has 2 aromatic carbocycles. The van der Waals surface area contributed by atoms with Gasteiger partial charge in [-0.15, -0.1) is 0 Å². The smallest absolute Gasteiger partial charge is 0.144 e. The van der Waals surface area contributed by atoms with Gasteiger partial charge < -0.3 is 5.32 Å². The van der Waals surface area contributed by atoms with Crippen molar-refractivity contribution in [3.8, 4) is 0 Å². The number of allylic oxidation sites excluding steroid dienone is 4. The van der Waals surface area contributed by atoms with Crippen LogP contribution in [0.4, 0.5) is 0 Å². The predicted molar refractivity (Wildman–Crippen MR) is 102 cm³/mol. The standard InChI is InChI=1S/C22H22N2/c1-15-10-12-18(13-11-15)22-23-16(2)14-21(24-22)20-9-5-7-17-6-3-4-8-19(17)20/h3-10,12-15,22-23H,11H2,1-2H3. The van der Waals surface area contributed by atoms with Crippen LogP contribution in [0.2, 0.25) is 0 Å². The summed E-state index contributed by atoms with van der Waals surface area (Å²) in [5, 5.41) is 6.01. The van der Waals surface area contributed by atoms with Crippen LogP contribution in [0.3, 0.4) is 0 Å². The van der Waals surface area contributed by atoms with Crippen molar-refractivity contribution >= 4 is 16.5 Å². The van der Waals surface area contributed by atoms with Crippen molar-refractivity contribution in [1.82, 2.24) is 5.32 Å². The lowest BCUT2D eigenvalue weighted by atomic mass is 9.95. The van der Waals surface area contributed by atoms with E-state index in [9.17, 15) is 0 Å². The summed E-state index contributed by atoms with van der Waals surface area (Å²) in [5.41, 5.74) is 4.68. The minimum absolute atomic E-state index is 0.00715. The largest absolute Gasteiger partial charge is 0.364 e. The molecule has 1 aliphatic carbocycles. The van der Waals surface area contributed by atoms with E-state index in [-0.39, 0.29) is 6.17 Å². The lowest BCUT2D eigenvalue weighted by Gasteiger charge is -2.25. The molecule has 0 saturated carbocycles. The first kappa shape index (κ1) is 14.9. The van der Waals surface area contributed by atoms with Gasteiger partial charge in [-0.2, -0.15) is 0 Å². The predicted octanol–water partition coefficient (Wildman–Crippen LogP) is 4.98. The number of hydrogen-bond acceptors (Lipinski definition) is 2. The summed E-state index contributed by atoms with van der Waals surface area (Å²) in [7, 11) is 0. The molecule has 120 valence electrons. The minimum atomic E-state index is 0.00715. The van der Waals surface area contributed by atoms with Crippen molar-refractivity contribution in [2.45, 2.75) is 26.4 Å². The third-order valence-electron chi connectivity index (χ3n) is 4.71. The molecule has 0 radical (unpaired) electrons. The van der Waals surface area contributed by atoms with E-state index in [1.54, 1.807) is 0 Å². The van der Waals surface area contributed by atoms with E-state index in [0.29, 0.717) is 5.92 Å². The van der Waals surface area contributed by atoms with Crippen LogP contribution < -0.4 is 5.32 Å². The Balaban J connectivity index is 1.77. The SMILES string of the molecule is CC1=CC(c2cccc3ccccc23)=NC(C2=CCC(C)C=C2)N1. The van der Waals surface area contributed by atoms with Gasteiger partial charge in [-0.3, -0.25) is 4.99 Å². The third-order valence-corrected chi connectivity index (χ3v) is 4.71. The Labute approximate surface area is 143 Å². The topological polar surface area (TPSA) is 24.4 Å². The second-order valence-electron chi connectivity index (χ2n) is 6.69. The molecule has 2 aromatic rings. The van der Waals surface area contributed by atoms with Crippen LogP contribution in [0.25, 0.3) is 10.8 Å². The van der Waals surface area contributed by atoms with Gasteiger partial charge in [0.25, 0.3) is 0 Å². The molecular weight excluding hydrogens is 292 g/mol. The average molecular weight is 314 g/mol. The molecule has 2 unspecified atom stereocenters. The molecular formula is C22H22N2. The van der Waals surface area contributed by atoms with Gasteiger partial charge in [0.2, 0.25) is 0 Å². The summed E-state index contributed by atoms with van der Waals surface area (Å²) in [6, 6.07) is 14.9. The summed E-state index contributed by atoms with van der Waals surface area (Å²) in [6.07, 6.45) is 10.0. The molecule has 0 bridgehead atoms. The van der Waals surface area contributed by atoms with Gasteiger partial charge in [-0.05, 0) is 41.7 Å². The van der Waals surface area contributed by atoms with E-state index < -0.39 is 0 Å². The molecule has 24 heavy (non-hydrogen) atoms. The van der Waals surface area contributed by atoms with E-state index in [4.69, 9.17) is 4.99 Å². The van der Waals surface area contributed by atoms with Gasteiger partial charge in [-0.25, -0.2) is 0 Å². The second kappa shape index (κ2) is 6.12. The highest BCUT2D eigenvalue weighted by atomic mass is 15.1. The second-order valence-corrected chi connectivity index (χ2v) is 6.69. The molecule has 2 heteroatoms. The fourth-order valence-electron chi connectivity index (χ4n) is 3.37. The van der Waals surface area contributed by atoms with E-state index in [1.165, 1.54) is 21.9 Å². The molecule has 0 amide bonds. The maximum atomic E-state index is 5.01. The molecule has 2 atom stereocenters. The number of benzene rings is 2. The van der Waals surface area contributed by atoms with Crippen molar-refractivity contribution < 1.29 is 0 Å². The van der Waals surface area contributed by atoms with Gasteiger partial charge in [-0.1, -0.05) is 67.6 Å². The fraction of sp³-hybridized carbons (Fsp3) is 0.227. The quantitative estimate of drug-likeness (QED) is 0.830. The zero-order valence-electron chi connectivity index (χ0n) is 14.2.